The molecule has 0 aromatic heterocycles. The van der Waals surface area contributed by atoms with Crippen molar-refractivity contribution in [3.63, 3.8) is 0 Å². The Morgan fingerprint density at radius 1 is 1.04 bits per heavy atom. The lowest BCUT2D eigenvalue weighted by Gasteiger charge is -2.44. The van der Waals surface area contributed by atoms with Gasteiger partial charge in [0.2, 0.25) is 8.32 Å². The smallest absolute Gasteiger partial charge is 0.308 e. The summed E-state index contributed by atoms with van der Waals surface area (Å²) < 4.78 is 17.6. The quantitative estimate of drug-likeness (QED) is 0.259. The summed E-state index contributed by atoms with van der Waals surface area (Å²) in [4.78, 5) is 11.9. The molecule has 25 heavy (non-hydrogen) atoms. The molecule has 0 aliphatic carbocycles. The highest BCUT2D eigenvalue weighted by Crippen LogP contribution is 2.44. The first kappa shape index (κ1) is 22.6. The van der Waals surface area contributed by atoms with E-state index in [2.05, 4.69) is 48.5 Å². The van der Waals surface area contributed by atoms with E-state index in [0.29, 0.717) is 29.1 Å². The van der Waals surface area contributed by atoms with Gasteiger partial charge in [0.15, 0.2) is 0 Å². The van der Waals surface area contributed by atoms with Gasteiger partial charge in [-0.05, 0) is 23.0 Å². The topological polar surface area (TPSA) is 48.1 Å². The molecular weight excluding hydrogens is 332 g/mol. The van der Waals surface area contributed by atoms with Crippen LogP contribution >= 0.6 is 0 Å². The van der Waals surface area contributed by atoms with Crippen LogP contribution in [0.1, 0.15) is 80.6 Å². The van der Waals surface area contributed by atoms with Gasteiger partial charge in [-0.2, -0.15) is 0 Å². The van der Waals surface area contributed by atoms with Crippen LogP contribution in [0.3, 0.4) is 0 Å². The third kappa shape index (κ3) is 6.07. The predicted octanol–water partition coefficient (Wildman–Crippen LogP) is 5.46. The van der Waals surface area contributed by atoms with E-state index in [0.717, 1.165) is 12.8 Å². The maximum atomic E-state index is 11.9. The van der Waals surface area contributed by atoms with Crippen LogP contribution in [0, 0.1) is 0 Å². The van der Waals surface area contributed by atoms with Gasteiger partial charge in [0, 0.05) is 6.42 Å². The number of epoxide rings is 1. The van der Waals surface area contributed by atoms with E-state index in [9.17, 15) is 4.79 Å². The van der Waals surface area contributed by atoms with E-state index in [-0.39, 0.29) is 18.2 Å². The Balaban J connectivity index is 2.85. The van der Waals surface area contributed by atoms with Crippen molar-refractivity contribution in [2.45, 2.75) is 116 Å². The predicted molar refractivity (Wildman–Crippen MR) is 105 cm³/mol. The Kier molecular flexibility index (Phi) is 9.13. The van der Waals surface area contributed by atoms with Crippen molar-refractivity contribution < 1.29 is 18.7 Å². The molecule has 1 aliphatic rings. The molecule has 0 aromatic rings. The summed E-state index contributed by atoms with van der Waals surface area (Å²) in [5, 5.41) is 0. The molecule has 1 fully saturated rings. The zero-order chi connectivity index (χ0) is 19.2. The highest BCUT2D eigenvalue weighted by Gasteiger charge is 2.48. The molecule has 1 rings (SSSR count). The molecule has 0 amide bonds. The van der Waals surface area contributed by atoms with Crippen LogP contribution in [0.5, 0.6) is 0 Å². The third-order valence-corrected chi connectivity index (χ3v) is 11.9. The van der Waals surface area contributed by atoms with Crippen LogP contribution < -0.4 is 0 Å². The fourth-order valence-electron chi connectivity index (χ4n) is 4.44. The number of carbonyl (C=O) groups excluding carboxylic acids is 1. The van der Waals surface area contributed by atoms with Crippen molar-refractivity contribution >= 4 is 14.3 Å². The zero-order valence-electron chi connectivity index (χ0n) is 17.6. The Morgan fingerprint density at radius 2 is 1.60 bits per heavy atom. The van der Waals surface area contributed by atoms with Gasteiger partial charge in [-0.3, -0.25) is 4.79 Å². The fraction of sp³-hybridized carbons (Fsp3) is 0.950. The lowest BCUT2D eigenvalue weighted by Crippen LogP contribution is -2.50. The Labute approximate surface area is 156 Å². The van der Waals surface area contributed by atoms with Crippen molar-refractivity contribution in [2.75, 3.05) is 7.11 Å². The van der Waals surface area contributed by atoms with Crippen LogP contribution in [0.25, 0.3) is 0 Å². The van der Waals surface area contributed by atoms with E-state index in [1.165, 1.54) is 20.0 Å². The summed E-state index contributed by atoms with van der Waals surface area (Å²) in [7, 11) is -0.567. The van der Waals surface area contributed by atoms with Gasteiger partial charge in [0.05, 0.1) is 31.8 Å². The zero-order valence-corrected chi connectivity index (χ0v) is 18.6. The second kappa shape index (κ2) is 10.1. The first-order valence-electron chi connectivity index (χ1n) is 10.1. The maximum absolute atomic E-state index is 11.9. The normalized spacial score (nSPS) is 21.9. The van der Waals surface area contributed by atoms with Crippen molar-refractivity contribution in [3.05, 3.63) is 0 Å². The SMILES string of the molecule is CCCC[C@@H]1O[C@H]1C[C@H](CC(=O)OC)O[Si](C(C)C)(C(C)C)C(C)C. The van der Waals surface area contributed by atoms with Gasteiger partial charge in [-0.15, -0.1) is 0 Å². The van der Waals surface area contributed by atoms with Gasteiger partial charge in [0.25, 0.3) is 0 Å². The van der Waals surface area contributed by atoms with Gasteiger partial charge >= 0.3 is 5.97 Å². The molecule has 0 aromatic carbocycles. The minimum Gasteiger partial charge on any atom is -0.469 e. The minimum atomic E-state index is -2.02. The van der Waals surface area contributed by atoms with Crippen LogP contribution in [-0.4, -0.2) is 39.7 Å². The molecule has 1 saturated heterocycles. The molecule has 5 heteroatoms. The first-order valence-corrected chi connectivity index (χ1v) is 12.2. The minimum absolute atomic E-state index is 0.0945. The number of carbonyl (C=O) groups is 1. The third-order valence-electron chi connectivity index (χ3n) is 5.72. The van der Waals surface area contributed by atoms with Crippen LogP contribution in [-0.2, 0) is 18.7 Å². The summed E-state index contributed by atoms with van der Waals surface area (Å²) in [5.74, 6) is -0.185. The summed E-state index contributed by atoms with van der Waals surface area (Å²) in [5.41, 5.74) is 1.51. The number of esters is 1. The molecule has 0 radical (unpaired) electrons. The molecule has 0 unspecified atom stereocenters. The van der Waals surface area contributed by atoms with Gasteiger partial charge in [-0.1, -0.05) is 61.3 Å². The molecule has 0 bridgehead atoms. The summed E-state index contributed by atoms with van der Waals surface area (Å²) >= 11 is 0. The first-order chi connectivity index (χ1) is 11.7. The van der Waals surface area contributed by atoms with Crippen LogP contribution in [0.15, 0.2) is 0 Å². The number of ether oxygens (including phenoxy) is 2. The highest BCUT2D eigenvalue weighted by molar-refractivity contribution is 6.77. The molecule has 0 N–H and O–H groups in total. The van der Waals surface area contributed by atoms with Gasteiger partial charge in [-0.25, -0.2) is 0 Å². The molecule has 148 valence electrons. The van der Waals surface area contributed by atoms with E-state index >= 15 is 0 Å². The monoisotopic (exact) mass is 372 g/mol. The molecule has 0 spiro atoms. The van der Waals surface area contributed by atoms with E-state index in [1.54, 1.807) is 0 Å². The average Bonchev–Trinajstić information content (AvgIpc) is 3.26. The molecule has 1 aliphatic heterocycles. The number of unbranched alkanes of at least 4 members (excludes halogenated alkanes) is 1. The summed E-state index contributed by atoms with van der Waals surface area (Å²) in [6.45, 7) is 15.9. The van der Waals surface area contributed by atoms with Gasteiger partial charge in [0.1, 0.15) is 0 Å². The molecule has 0 saturated carbocycles. The highest BCUT2D eigenvalue weighted by atomic mass is 28.4. The lowest BCUT2D eigenvalue weighted by atomic mass is 10.1. The molecule has 4 nitrogen and oxygen atoms in total. The number of hydrogen-bond acceptors (Lipinski definition) is 4. The fourth-order valence-corrected chi connectivity index (χ4v) is 10.0. The number of methoxy groups -OCH3 is 1. The van der Waals surface area contributed by atoms with E-state index in [1.807, 2.05) is 0 Å². The van der Waals surface area contributed by atoms with Crippen molar-refractivity contribution in [2.24, 2.45) is 0 Å². The number of hydrogen-bond donors (Lipinski definition) is 0. The van der Waals surface area contributed by atoms with Crippen molar-refractivity contribution in [1.82, 2.24) is 0 Å². The standard InChI is InChI=1S/C20H40O4Si/c1-9-10-11-18-19(23-18)12-17(13-20(21)22-8)24-25(14(2)3,15(4)5)16(6)7/h14-19H,9-13H2,1-8H3/t17-,18+,19+/m1/s1. The van der Waals surface area contributed by atoms with Gasteiger partial charge < -0.3 is 13.9 Å². The summed E-state index contributed by atoms with van der Waals surface area (Å²) in [6, 6.07) is 0. The maximum Gasteiger partial charge on any atom is 0.308 e. The second-order valence-electron chi connectivity index (χ2n) is 8.43. The molecule has 3 atom stereocenters. The van der Waals surface area contributed by atoms with Crippen LogP contribution in [0.2, 0.25) is 16.6 Å². The Hall–Kier alpha value is -0.393. The van der Waals surface area contributed by atoms with E-state index in [4.69, 9.17) is 13.9 Å². The largest absolute Gasteiger partial charge is 0.469 e. The Bertz CT molecular complexity index is 387. The van der Waals surface area contributed by atoms with E-state index < -0.39 is 8.32 Å². The molecular formula is C20H40O4Si. The Morgan fingerprint density at radius 3 is 2.04 bits per heavy atom. The van der Waals surface area contributed by atoms with Crippen LogP contribution in [0.4, 0.5) is 0 Å². The average molecular weight is 373 g/mol. The summed E-state index contributed by atoms with van der Waals surface area (Å²) in [6.07, 6.45) is 5.17. The lowest BCUT2D eigenvalue weighted by molar-refractivity contribution is -0.142. The number of rotatable bonds is 12. The molecule has 1 heterocycles. The van der Waals surface area contributed by atoms with Crippen molar-refractivity contribution in [1.29, 1.82) is 0 Å². The second-order valence-corrected chi connectivity index (χ2v) is 13.8. The van der Waals surface area contributed by atoms with Crippen molar-refractivity contribution in [3.8, 4) is 0 Å².